The summed E-state index contributed by atoms with van der Waals surface area (Å²) in [6.45, 7) is 2.72. The van der Waals surface area contributed by atoms with E-state index in [0.717, 1.165) is 11.1 Å². The van der Waals surface area contributed by atoms with Gasteiger partial charge in [-0.2, -0.15) is 5.10 Å². The third-order valence-corrected chi connectivity index (χ3v) is 3.75. The zero-order valence-corrected chi connectivity index (χ0v) is 14.5. The summed E-state index contributed by atoms with van der Waals surface area (Å²) in [4.78, 5) is 0. The molecular weight excluding hydrogens is 335 g/mol. The third-order valence-electron chi connectivity index (χ3n) is 3.04. The van der Waals surface area contributed by atoms with Crippen molar-refractivity contribution in [2.24, 2.45) is 5.10 Å². The van der Waals surface area contributed by atoms with Gasteiger partial charge in [0.05, 0.1) is 12.8 Å². The van der Waals surface area contributed by atoms with E-state index >= 15 is 0 Å². The van der Waals surface area contributed by atoms with Gasteiger partial charge in [0.25, 0.3) is 0 Å². The van der Waals surface area contributed by atoms with E-state index in [1.54, 1.807) is 31.5 Å². The Bertz CT molecular complexity index is 670. The Kier molecular flexibility index (Phi) is 6.56. The minimum absolute atomic E-state index is 0.266. The van der Waals surface area contributed by atoms with Crippen LogP contribution in [0.4, 0.5) is 0 Å². The summed E-state index contributed by atoms with van der Waals surface area (Å²) >= 11 is 12.3. The Hall–Kier alpha value is -1.91. The van der Waals surface area contributed by atoms with Gasteiger partial charge in [0.1, 0.15) is 6.61 Å². The molecule has 0 saturated carbocycles. The van der Waals surface area contributed by atoms with E-state index in [1.165, 1.54) is 0 Å². The van der Waals surface area contributed by atoms with E-state index in [2.05, 4.69) is 10.5 Å². The highest BCUT2D eigenvalue weighted by Gasteiger charge is 2.10. The topological polar surface area (TPSA) is 42.8 Å². The highest BCUT2D eigenvalue weighted by molar-refractivity contribution is 6.35. The highest BCUT2D eigenvalue weighted by Crippen LogP contribution is 2.31. The Balaban J connectivity index is 2.20. The summed E-state index contributed by atoms with van der Waals surface area (Å²) in [7, 11) is 1.74. The van der Waals surface area contributed by atoms with Crippen LogP contribution in [0.15, 0.2) is 41.5 Å². The van der Waals surface area contributed by atoms with Gasteiger partial charge in [0, 0.05) is 22.7 Å². The van der Waals surface area contributed by atoms with Gasteiger partial charge in [-0.1, -0.05) is 29.3 Å². The second kappa shape index (κ2) is 8.65. The van der Waals surface area contributed by atoms with E-state index in [0.29, 0.717) is 28.2 Å². The van der Waals surface area contributed by atoms with Crippen LogP contribution in [0.25, 0.3) is 0 Å². The monoisotopic (exact) mass is 352 g/mol. The van der Waals surface area contributed by atoms with Gasteiger partial charge in [-0.3, -0.25) is 0 Å². The molecule has 0 bridgehead atoms. The molecule has 2 rings (SSSR count). The van der Waals surface area contributed by atoms with Gasteiger partial charge in [0.15, 0.2) is 11.5 Å². The molecule has 0 aliphatic rings. The Labute approximate surface area is 146 Å². The van der Waals surface area contributed by atoms with E-state index in [1.807, 2.05) is 25.1 Å². The molecule has 2 aromatic carbocycles. The van der Waals surface area contributed by atoms with Crippen LogP contribution in [-0.2, 0) is 6.61 Å². The van der Waals surface area contributed by atoms with Crippen LogP contribution in [0.3, 0.4) is 0 Å². The van der Waals surface area contributed by atoms with Crippen LogP contribution < -0.4 is 14.9 Å². The fraction of sp³-hybridized carbons (Fsp3) is 0.235. The molecular formula is C17H18Cl2N2O2. The first-order valence-electron chi connectivity index (χ1n) is 7.18. The summed E-state index contributed by atoms with van der Waals surface area (Å²) in [5.74, 6) is 1.28. The summed E-state index contributed by atoms with van der Waals surface area (Å²) in [6, 6.07) is 11.0. The van der Waals surface area contributed by atoms with E-state index in [4.69, 9.17) is 32.7 Å². The quantitative estimate of drug-likeness (QED) is 0.588. The molecule has 0 unspecified atom stereocenters. The van der Waals surface area contributed by atoms with Crippen molar-refractivity contribution >= 4 is 29.4 Å². The Morgan fingerprint density at radius 3 is 2.48 bits per heavy atom. The molecule has 122 valence electrons. The third kappa shape index (κ3) is 4.78. The number of nitrogens with zero attached hydrogens (tertiary/aromatic N) is 1. The Morgan fingerprint density at radius 2 is 1.83 bits per heavy atom. The number of halogens is 2. The fourth-order valence-corrected chi connectivity index (χ4v) is 2.46. The number of nitrogens with one attached hydrogen (secondary N) is 1. The molecule has 0 aromatic heterocycles. The van der Waals surface area contributed by atoms with Crippen molar-refractivity contribution in [3.05, 3.63) is 57.6 Å². The molecule has 0 fully saturated rings. The Morgan fingerprint density at radius 1 is 1.09 bits per heavy atom. The smallest absolute Gasteiger partial charge is 0.161 e. The summed E-state index contributed by atoms with van der Waals surface area (Å²) < 4.78 is 11.5. The first-order valence-corrected chi connectivity index (χ1v) is 7.93. The second-order valence-corrected chi connectivity index (χ2v) is 5.42. The summed E-state index contributed by atoms with van der Waals surface area (Å²) in [5.41, 5.74) is 4.37. The van der Waals surface area contributed by atoms with Crippen LogP contribution in [0.5, 0.6) is 11.5 Å². The van der Waals surface area contributed by atoms with Crippen LogP contribution >= 0.6 is 23.2 Å². The minimum Gasteiger partial charge on any atom is -0.490 e. The number of benzene rings is 2. The lowest BCUT2D eigenvalue weighted by atomic mass is 10.2. The number of hydrazone groups is 1. The predicted molar refractivity (Wildman–Crippen MR) is 95.1 cm³/mol. The number of hydrogen-bond donors (Lipinski definition) is 1. The molecule has 2 aromatic rings. The maximum Gasteiger partial charge on any atom is 0.161 e. The lowest BCUT2D eigenvalue weighted by Gasteiger charge is -2.14. The molecule has 0 radical (unpaired) electrons. The van der Waals surface area contributed by atoms with Gasteiger partial charge in [0.2, 0.25) is 0 Å². The van der Waals surface area contributed by atoms with Crippen LogP contribution in [-0.4, -0.2) is 19.9 Å². The number of ether oxygens (including phenoxy) is 2. The van der Waals surface area contributed by atoms with Crippen molar-refractivity contribution in [2.75, 3.05) is 13.7 Å². The zero-order chi connectivity index (χ0) is 16.7. The molecule has 0 spiro atoms. The zero-order valence-electron chi connectivity index (χ0n) is 13.0. The average Bonchev–Trinajstić information content (AvgIpc) is 2.54. The van der Waals surface area contributed by atoms with Crippen molar-refractivity contribution in [2.45, 2.75) is 13.5 Å². The van der Waals surface area contributed by atoms with Crippen molar-refractivity contribution < 1.29 is 9.47 Å². The largest absolute Gasteiger partial charge is 0.490 e. The molecule has 0 saturated heterocycles. The maximum atomic E-state index is 6.16. The van der Waals surface area contributed by atoms with Crippen molar-refractivity contribution in [1.82, 2.24) is 5.43 Å². The molecule has 4 nitrogen and oxygen atoms in total. The SMILES string of the molecule is CCOc1cc(/C=N/NC)ccc1OCc1c(Cl)cccc1Cl. The van der Waals surface area contributed by atoms with Crippen LogP contribution in [0, 0.1) is 0 Å². The normalized spacial score (nSPS) is 10.8. The first kappa shape index (κ1) is 17.4. The van der Waals surface area contributed by atoms with E-state index in [-0.39, 0.29) is 6.61 Å². The standard InChI is InChI=1S/C17H18Cl2N2O2/c1-3-22-17-9-12(10-21-20-2)7-8-16(17)23-11-13-14(18)5-4-6-15(13)19/h4-10,20H,3,11H2,1-2H3/b21-10+. The fourth-order valence-electron chi connectivity index (χ4n) is 1.95. The molecule has 0 heterocycles. The van der Waals surface area contributed by atoms with Crippen LogP contribution in [0.2, 0.25) is 10.0 Å². The first-order chi connectivity index (χ1) is 11.2. The minimum atomic E-state index is 0.266. The van der Waals surface area contributed by atoms with E-state index < -0.39 is 0 Å². The molecule has 23 heavy (non-hydrogen) atoms. The van der Waals surface area contributed by atoms with Crippen molar-refractivity contribution in [3.8, 4) is 11.5 Å². The molecule has 1 N–H and O–H groups in total. The summed E-state index contributed by atoms with van der Waals surface area (Å²) in [6.07, 6.45) is 1.71. The molecule has 0 aliphatic heterocycles. The van der Waals surface area contributed by atoms with Gasteiger partial charge < -0.3 is 14.9 Å². The van der Waals surface area contributed by atoms with Gasteiger partial charge in [-0.15, -0.1) is 0 Å². The lowest BCUT2D eigenvalue weighted by Crippen LogP contribution is -2.02. The van der Waals surface area contributed by atoms with Crippen molar-refractivity contribution in [3.63, 3.8) is 0 Å². The molecule has 0 atom stereocenters. The second-order valence-electron chi connectivity index (χ2n) is 4.61. The van der Waals surface area contributed by atoms with Gasteiger partial charge >= 0.3 is 0 Å². The average molecular weight is 353 g/mol. The van der Waals surface area contributed by atoms with Crippen molar-refractivity contribution in [1.29, 1.82) is 0 Å². The molecule has 6 heteroatoms. The van der Waals surface area contributed by atoms with Crippen LogP contribution in [0.1, 0.15) is 18.1 Å². The molecule has 0 amide bonds. The number of hydrogen-bond acceptors (Lipinski definition) is 4. The maximum absolute atomic E-state index is 6.16. The lowest BCUT2D eigenvalue weighted by molar-refractivity contribution is 0.269. The summed E-state index contributed by atoms with van der Waals surface area (Å²) in [5, 5.41) is 5.14. The molecule has 0 aliphatic carbocycles. The van der Waals surface area contributed by atoms with E-state index in [9.17, 15) is 0 Å². The predicted octanol–water partition coefficient (Wildman–Crippen LogP) is 4.52. The number of rotatable bonds is 7. The van der Waals surface area contributed by atoms with Gasteiger partial charge in [-0.25, -0.2) is 0 Å². The highest BCUT2D eigenvalue weighted by atomic mass is 35.5. The van der Waals surface area contributed by atoms with Gasteiger partial charge in [-0.05, 0) is 42.8 Å².